The lowest BCUT2D eigenvalue weighted by atomic mass is 10.1. The first-order valence-corrected chi connectivity index (χ1v) is 6.57. The van der Waals surface area contributed by atoms with Crippen LogP contribution in [0.25, 0.3) is 10.9 Å². The fourth-order valence-electron chi connectivity index (χ4n) is 2.02. The lowest BCUT2D eigenvalue weighted by Gasteiger charge is -2.10. The number of pyridine rings is 1. The molecule has 0 atom stereocenters. The number of aromatic nitrogens is 1. The number of rotatable bonds is 5. The van der Waals surface area contributed by atoms with Crippen LogP contribution in [0.15, 0.2) is 24.3 Å². The first-order chi connectivity index (χ1) is 8.76. The average Bonchev–Trinajstić information content (AvgIpc) is 2.37. The Bertz CT molecular complexity index is 537. The third-order valence-corrected chi connectivity index (χ3v) is 2.86. The van der Waals surface area contributed by atoms with Crippen molar-refractivity contribution in [1.82, 2.24) is 4.98 Å². The fourth-order valence-corrected chi connectivity index (χ4v) is 2.02. The summed E-state index contributed by atoms with van der Waals surface area (Å²) < 4.78 is 5.74. The minimum Gasteiger partial charge on any atom is -0.491 e. The molecule has 2 rings (SSSR count). The molecule has 2 N–H and O–H groups in total. The molecule has 3 heteroatoms. The van der Waals surface area contributed by atoms with E-state index < -0.39 is 0 Å². The molecule has 0 amide bonds. The summed E-state index contributed by atoms with van der Waals surface area (Å²) in [5.74, 6) is 0.832. The van der Waals surface area contributed by atoms with E-state index in [0.29, 0.717) is 6.61 Å². The van der Waals surface area contributed by atoms with Gasteiger partial charge >= 0.3 is 0 Å². The van der Waals surface area contributed by atoms with Crippen LogP contribution in [0.3, 0.4) is 0 Å². The highest BCUT2D eigenvalue weighted by atomic mass is 16.5. The van der Waals surface area contributed by atoms with E-state index in [4.69, 9.17) is 10.5 Å². The van der Waals surface area contributed by atoms with Crippen molar-refractivity contribution in [1.29, 1.82) is 0 Å². The second-order valence-corrected chi connectivity index (χ2v) is 4.45. The number of nitrogens with two attached hydrogens (primary N) is 1. The van der Waals surface area contributed by atoms with Gasteiger partial charge in [-0.3, -0.25) is 0 Å². The maximum Gasteiger partial charge on any atom is 0.145 e. The maximum atomic E-state index is 6.09. The zero-order valence-corrected chi connectivity index (χ0v) is 11.1. The predicted molar refractivity (Wildman–Crippen MR) is 75.9 cm³/mol. The minimum atomic E-state index is 0.707. The van der Waals surface area contributed by atoms with Gasteiger partial charge in [-0.1, -0.05) is 32.4 Å². The van der Waals surface area contributed by atoms with Crippen LogP contribution in [0, 0.1) is 0 Å². The summed E-state index contributed by atoms with van der Waals surface area (Å²) in [5.41, 5.74) is 8.79. The number of nitrogen functional groups attached to an aromatic ring is 1. The van der Waals surface area contributed by atoms with Crippen LogP contribution in [0.1, 0.15) is 32.4 Å². The van der Waals surface area contributed by atoms with E-state index in [1.807, 2.05) is 24.3 Å². The quantitative estimate of drug-likeness (QED) is 0.874. The van der Waals surface area contributed by atoms with Gasteiger partial charge in [0.1, 0.15) is 11.3 Å². The van der Waals surface area contributed by atoms with E-state index in [9.17, 15) is 0 Å². The molecule has 0 aliphatic rings. The standard InChI is InChI=1S/C15H20N2O/c1-3-6-11-10-13(16)12-7-5-8-14(15(12)17-11)18-9-4-2/h5,7-8,10H,3-4,6,9H2,1-2H3,(H2,16,17). The summed E-state index contributed by atoms with van der Waals surface area (Å²) in [6, 6.07) is 7.88. The molecule has 1 aromatic carbocycles. The summed E-state index contributed by atoms with van der Waals surface area (Å²) in [6.07, 6.45) is 3.00. The number of ether oxygens (including phenoxy) is 1. The van der Waals surface area contributed by atoms with Gasteiger partial charge in [0.25, 0.3) is 0 Å². The van der Waals surface area contributed by atoms with Crippen molar-refractivity contribution in [2.45, 2.75) is 33.1 Å². The summed E-state index contributed by atoms with van der Waals surface area (Å²) in [5, 5.41) is 0.975. The lowest BCUT2D eigenvalue weighted by molar-refractivity contribution is 0.320. The first-order valence-electron chi connectivity index (χ1n) is 6.57. The van der Waals surface area contributed by atoms with Gasteiger partial charge in [-0.15, -0.1) is 0 Å². The molecule has 0 radical (unpaired) electrons. The molecule has 1 aromatic heterocycles. The fraction of sp³-hybridized carbons (Fsp3) is 0.400. The summed E-state index contributed by atoms with van der Waals surface area (Å²) >= 11 is 0. The number of benzene rings is 1. The summed E-state index contributed by atoms with van der Waals surface area (Å²) in [6.45, 7) is 4.94. The third kappa shape index (κ3) is 2.55. The normalized spacial score (nSPS) is 10.8. The molecule has 0 aliphatic carbocycles. The largest absolute Gasteiger partial charge is 0.491 e. The molecular weight excluding hydrogens is 224 g/mol. The van der Waals surface area contributed by atoms with Crippen LogP contribution in [-0.2, 0) is 6.42 Å². The van der Waals surface area contributed by atoms with E-state index in [2.05, 4.69) is 18.8 Å². The molecule has 0 saturated heterocycles. The average molecular weight is 244 g/mol. The van der Waals surface area contributed by atoms with E-state index >= 15 is 0 Å². The van der Waals surface area contributed by atoms with Crippen LogP contribution in [0.4, 0.5) is 5.69 Å². The number of hydrogen-bond acceptors (Lipinski definition) is 3. The number of hydrogen-bond donors (Lipinski definition) is 1. The van der Waals surface area contributed by atoms with Gasteiger partial charge in [-0.2, -0.15) is 0 Å². The summed E-state index contributed by atoms with van der Waals surface area (Å²) in [7, 11) is 0. The lowest BCUT2D eigenvalue weighted by Crippen LogP contribution is -2.00. The molecular formula is C15H20N2O. The van der Waals surface area contributed by atoms with Gasteiger partial charge in [0.05, 0.1) is 6.61 Å². The highest BCUT2D eigenvalue weighted by molar-refractivity contribution is 5.94. The topological polar surface area (TPSA) is 48.1 Å². The second kappa shape index (κ2) is 5.71. The monoisotopic (exact) mass is 244 g/mol. The molecule has 0 spiro atoms. The Hall–Kier alpha value is -1.77. The molecule has 0 saturated carbocycles. The van der Waals surface area contributed by atoms with Crippen LogP contribution < -0.4 is 10.5 Å². The molecule has 96 valence electrons. The Kier molecular flexibility index (Phi) is 4.03. The molecule has 2 aromatic rings. The van der Waals surface area contributed by atoms with E-state index in [-0.39, 0.29) is 0 Å². The Balaban J connectivity index is 2.51. The van der Waals surface area contributed by atoms with Crippen LogP contribution >= 0.6 is 0 Å². The Morgan fingerprint density at radius 1 is 1.22 bits per heavy atom. The summed E-state index contributed by atoms with van der Waals surface area (Å²) in [4.78, 5) is 4.67. The predicted octanol–water partition coefficient (Wildman–Crippen LogP) is 3.56. The van der Waals surface area contributed by atoms with Crippen molar-refractivity contribution in [3.63, 3.8) is 0 Å². The SMILES string of the molecule is CCCOc1cccc2c(N)cc(CCC)nc12. The zero-order chi connectivity index (χ0) is 13.0. The minimum absolute atomic E-state index is 0.707. The highest BCUT2D eigenvalue weighted by Gasteiger charge is 2.08. The molecule has 3 nitrogen and oxygen atoms in total. The highest BCUT2D eigenvalue weighted by Crippen LogP contribution is 2.28. The zero-order valence-electron chi connectivity index (χ0n) is 11.1. The maximum absolute atomic E-state index is 6.09. The number of nitrogens with zero attached hydrogens (tertiary/aromatic N) is 1. The van der Waals surface area contributed by atoms with E-state index in [0.717, 1.165) is 47.3 Å². The second-order valence-electron chi connectivity index (χ2n) is 4.45. The van der Waals surface area contributed by atoms with Crippen molar-refractivity contribution < 1.29 is 4.74 Å². The van der Waals surface area contributed by atoms with Gasteiger partial charge in [-0.25, -0.2) is 4.98 Å². The Morgan fingerprint density at radius 2 is 2.06 bits per heavy atom. The number of anilines is 1. The third-order valence-electron chi connectivity index (χ3n) is 2.86. The number of aryl methyl sites for hydroxylation is 1. The molecule has 0 fully saturated rings. The molecule has 0 unspecified atom stereocenters. The van der Waals surface area contributed by atoms with Crippen molar-refractivity contribution in [2.24, 2.45) is 0 Å². The van der Waals surface area contributed by atoms with Crippen molar-refractivity contribution in [2.75, 3.05) is 12.3 Å². The van der Waals surface area contributed by atoms with Gasteiger partial charge in [0, 0.05) is 16.8 Å². The van der Waals surface area contributed by atoms with Crippen LogP contribution in [0.2, 0.25) is 0 Å². The van der Waals surface area contributed by atoms with Crippen LogP contribution in [0.5, 0.6) is 5.75 Å². The number of fused-ring (bicyclic) bond motifs is 1. The van der Waals surface area contributed by atoms with Gasteiger partial charge in [0.15, 0.2) is 0 Å². The van der Waals surface area contributed by atoms with Crippen molar-refractivity contribution in [3.8, 4) is 5.75 Å². The van der Waals surface area contributed by atoms with Crippen molar-refractivity contribution in [3.05, 3.63) is 30.0 Å². The Morgan fingerprint density at radius 3 is 2.78 bits per heavy atom. The van der Waals surface area contributed by atoms with E-state index in [1.54, 1.807) is 0 Å². The van der Waals surface area contributed by atoms with Crippen molar-refractivity contribution >= 4 is 16.6 Å². The first kappa shape index (κ1) is 12.7. The Labute approximate surface area is 108 Å². The molecule has 0 bridgehead atoms. The van der Waals surface area contributed by atoms with Crippen LogP contribution in [-0.4, -0.2) is 11.6 Å². The molecule has 1 heterocycles. The van der Waals surface area contributed by atoms with Gasteiger partial charge in [0.2, 0.25) is 0 Å². The smallest absolute Gasteiger partial charge is 0.145 e. The van der Waals surface area contributed by atoms with Gasteiger partial charge in [-0.05, 0) is 25.0 Å². The molecule has 0 aliphatic heterocycles. The van der Waals surface area contributed by atoms with Gasteiger partial charge < -0.3 is 10.5 Å². The number of para-hydroxylation sites is 1. The van der Waals surface area contributed by atoms with E-state index in [1.165, 1.54) is 0 Å². The molecule has 18 heavy (non-hydrogen) atoms.